The van der Waals surface area contributed by atoms with E-state index in [0.29, 0.717) is 31.4 Å². The van der Waals surface area contributed by atoms with Crippen LogP contribution in [0.4, 0.5) is 0 Å². The zero-order valence-corrected chi connectivity index (χ0v) is 14.4. The fourth-order valence-electron chi connectivity index (χ4n) is 3.50. The molecule has 2 atom stereocenters. The van der Waals surface area contributed by atoms with Crippen LogP contribution in [0.25, 0.3) is 0 Å². The van der Waals surface area contributed by atoms with Gasteiger partial charge in [0.1, 0.15) is 0 Å². The van der Waals surface area contributed by atoms with Crippen molar-refractivity contribution in [2.45, 2.75) is 32.2 Å². The number of para-hydroxylation sites is 1. The van der Waals surface area contributed by atoms with Gasteiger partial charge in [-0.15, -0.1) is 10.2 Å². The Labute approximate surface area is 146 Å². The molecule has 2 aliphatic rings. The third-order valence-corrected chi connectivity index (χ3v) is 4.73. The standard InChI is InChI=1S/C17H22N4O4/c1-11-18-19-16(25-11)9-20(2)13-7-21(8-14(13)22)6-12-4-3-5-15-17(12)24-10-23-15/h3-5,13-14,22H,6-10H2,1-2H3/t13-,14+/m0/s1. The molecule has 1 saturated heterocycles. The van der Waals surface area contributed by atoms with E-state index in [1.807, 2.05) is 25.2 Å². The van der Waals surface area contributed by atoms with Gasteiger partial charge in [-0.05, 0) is 13.1 Å². The molecule has 3 heterocycles. The number of fused-ring (bicyclic) bond motifs is 1. The number of hydrogen-bond donors (Lipinski definition) is 1. The van der Waals surface area contributed by atoms with Crippen molar-refractivity contribution in [2.75, 3.05) is 26.9 Å². The van der Waals surface area contributed by atoms with Gasteiger partial charge in [-0.1, -0.05) is 12.1 Å². The second kappa shape index (κ2) is 6.62. The van der Waals surface area contributed by atoms with Gasteiger partial charge in [0.05, 0.1) is 12.6 Å². The quantitative estimate of drug-likeness (QED) is 0.850. The van der Waals surface area contributed by atoms with Crippen LogP contribution in [0.1, 0.15) is 17.3 Å². The molecule has 2 aliphatic heterocycles. The van der Waals surface area contributed by atoms with Gasteiger partial charge in [0.2, 0.25) is 18.6 Å². The highest BCUT2D eigenvalue weighted by atomic mass is 16.7. The van der Waals surface area contributed by atoms with Crippen LogP contribution in [0, 0.1) is 6.92 Å². The average molecular weight is 346 g/mol. The van der Waals surface area contributed by atoms with Crippen LogP contribution in [0.5, 0.6) is 11.5 Å². The first kappa shape index (κ1) is 16.3. The van der Waals surface area contributed by atoms with Crippen LogP contribution in [0.2, 0.25) is 0 Å². The largest absolute Gasteiger partial charge is 0.454 e. The first-order valence-corrected chi connectivity index (χ1v) is 8.37. The average Bonchev–Trinajstić information content (AvgIpc) is 3.28. The van der Waals surface area contributed by atoms with Crippen LogP contribution in [0.3, 0.4) is 0 Å². The Morgan fingerprint density at radius 3 is 2.96 bits per heavy atom. The Morgan fingerprint density at radius 1 is 1.28 bits per heavy atom. The molecular weight excluding hydrogens is 324 g/mol. The first-order valence-electron chi connectivity index (χ1n) is 8.37. The number of rotatable bonds is 5. The molecule has 25 heavy (non-hydrogen) atoms. The first-order chi connectivity index (χ1) is 12.1. The number of aryl methyl sites for hydroxylation is 1. The summed E-state index contributed by atoms with van der Waals surface area (Å²) in [4.78, 5) is 4.29. The number of aromatic nitrogens is 2. The van der Waals surface area contributed by atoms with E-state index in [-0.39, 0.29) is 12.8 Å². The normalized spacial score (nSPS) is 22.9. The summed E-state index contributed by atoms with van der Waals surface area (Å²) in [5.41, 5.74) is 1.08. The van der Waals surface area contributed by atoms with Crippen LogP contribution in [-0.2, 0) is 13.1 Å². The fraction of sp³-hybridized carbons (Fsp3) is 0.529. The monoisotopic (exact) mass is 346 g/mol. The van der Waals surface area contributed by atoms with Gasteiger partial charge < -0.3 is 19.0 Å². The molecule has 134 valence electrons. The molecule has 0 aliphatic carbocycles. The smallest absolute Gasteiger partial charge is 0.231 e. The van der Waals surface area contributed by atoms with Crippen molar-refractivity contribution in [3.63, 3.8) is 0 Å². The maximum Gasteiger partial charge on any atom is 0.231 e. The molecule has 0 saturated carbocycles. The van der Waals surface area contributed by atoms with E-state index in [9.17, 15) is 5.11 Å². The van der Waals surface area contributed by atoms with E-state index in [1.54, 1.807) is 6.92 Å². The van der Waals surface area contributed by atoms with Crippen molar-refractivity contribution < 1.29 is 19.0 Å². The zero-order chi connectivity index (χ0) is 17.4. The van der Waals surface area contributed by atoms with Gasteiger partial charge in [-0.25, -0.2) is 0 Å². The number of aliphatic hydroxyl groups is 1. The topological polar surface area (TPSA) is 84.1 Å². The number of benzene rings is 1. The Morgan fingerprint density at radius 2 is 2.16 bits per heavy atom. The molecule has 2 aromatic rings. The third kappa shape index (κ3) is 3.33. The van der Waals surface area contributed by atoms with Crippen molar-refractivity contribution >= 4 is 0 Å². The van der Waals surface area contributed by atoms with E-state index >= 15 is 0 Å². The van der Waals surface area contributed by atoms with Crippen LogP contribution < -0.4 is 9.47 Å². The summed E-state index contributed by atoms with van der Waals surface area (Å²) in [7, 11) is 1.97. The molecule has 1 fully saturated rings. The molecule has 0 radical (unpaired) electrons. The SMILES string of the molecule is Cc1nnc(CN(C)[C@H]2CN(Cc3cccc4c3OCO4)C[C@H]2O)o1. The van der Waals surface area contributed by atoms with Crippen molar-refractivity contribution in [1.82, 2.24) is 20.0 Å². The lowest BCUT2D eigenvalue weighted by molar-refractivity contribution is 0.0898. The Kier molecular flexibility index (Phi) is 4.32. The highest BCUT2D eigenvalue weighted by Gasteiger charge is 2.35. The van der Waals surface area contributed by atoms with E-state index in [0.717, 1.165) is 23.6 Å². The summed E-state index contributed by atoms with van der Waals surface area (Å²) < 4.78 is 16.4. The van der Waals surface area contributed by atoms with E-state index in [1.165, 1.54) is 0 Å². The van der Waals surface area contributed by atoms with Gasteiger partial charge in [-0.2, -0.15) is 0 Å². The number of likely N-dealkylation sites (tertiary alicyclic amines) is 1. The molecule has 0 spiro atoms. The molecular formula is C17H22N4O4. The lowest BCUT2D eigenvalue weighted by Crippen LogP contribution is -2.40. The van der Waals surface area contributed by atoms with Crippen LogP contribution >= 0.6 is 0 Å². The molecule has 1 aromatic heterocycles. The summed E-state index contributed by atoms with van der Waals surface area (Å²) in [5, 5.41) is 18.4. The van der Waals surface area contributed by atoms with E-state index in [4.69, 9.17) is 13.9 Å². The number of aliphatic hydroxyl groups excluding tert-OH is 1. The predicted octanol–water partition coefficient (Wildman–Crippen LogP) is 0.784. The maximum atomic E-state index is 10.5. The summed E-state index contributed by atoms with van der Waals surface area (Å²) in [5.74, 6) is 2.72. The Balaban J connectivity index is 1.40. The van der Waals surface area contributed by atoms with Crippen molar-refractivity contribution in [3.05, 3.63) is 35.5 Å². The van der Waals surface area contributed by atoms with Gasteiger partial charge in [-0.3, -0.25) is 9.80 Å². The number of hydrogen-bond acceptors (Lipinski definition) is 8. The van der Waals surface area contributed by atoms with Crippen molar-refractivity contribution in [2.24, 2.45) is 0 Å². The highest BCUT2D eigenvalue weighted by molar-refractivity contribution is 5.48. The van der Waals surface area contributed by atoms with Crippen molar-refractivity contribution in [1.29, 1.82) is 0 Å². The molecule has 4 rings (SSSR count). The summed E-state index contributed by atoms with van der Waals surface area (Å²) in [6, 6.07) is 5.93. The second-order valence-electron chi connectivity index (χ2n) is 6.61. The van der Waals surface area contributed by atoms with Crippen molar-refractivity contribution in [3.8, 4) is 11.5 Å². The van der Waals surface area contributed by atoms with E-state index in [2.05, 4.69) is 20.0 Å². The zero-order valence-electron chi connectivity index (χ0n) is 14.4. The van der Waals surface area contributed by atoms with Gasteiger partial charge in [0.15, 0.2) is 11.5 Å². The minimum Gasteiger partial charge on any atom is -0.454 e. The molecule has 0 unspecified atom stereocenters. The van der Waals surface area contributed by atoms with Gasteiger partial charge in [0, 0.05) is 38.2 Å². The molecule has 0 bridgehead atoms. The van der Waals surface area contributed by atoms with Gasteiger partial charge in [0.25, 0.3) is 0 Å². The minimum atomic E-state index is -0.428. The molecule has 8 nitrogen and oxygen atoms in total. The number of β-amino-alcohol motifs (C(OH)–C–C–N with tert-alkyl or cyclic N) is 1. The lowest BCUT2D eigenvalue weighted by atomic mass is 10.2. The third-order valence-electron chi connectivity index (χ3n) is 4.73. The Bertz CT molecular complexity index is 750. The minimum absolute atomic E-state index is 0.0149. The molecule has 1 N–H and O–H groups in total. The van der Waals surface area contributed by atoms with E-state index < -0.39 is 6.10 Å². The molecule has 1 aromatic carbocycles. The highest BCUT2D eigenvalue weighted by Crippen LogP contribution is 2.36. The van der Waals surface area contributed by atoms with Crippen LogP contribution in [0.15, 0.2) is 22.6 Å². The number of ether oxygens (including phenoxy) is 2. The number of likely N-dealkylation sites (N-methyl/N-ethyl adjacent to an activating group) is 1. The summed E-state index contributed by atoms with van der Waals surface area (Å²) in [6.45, 7) is 4.65. The molecule has 8 heteroatoms. The summed E-state index contributed by atoms with van der Waals surface area (Å²) >= 11 is 0. The maximum absolute atomic E-state index is 10.5. The summed E-state index contributed by atoms with van der Waals surface area (Å²) in [6.07, 6.45) is -0.428. The molecule has 0 amide bonds. The lowest BCUT2D eigenvalue weighted by Gasteiger charge is -2.25. The predicted molar refractivity (Wildman–Crippen MR) is 88.1 cm³/mol. The number of nitrogens with zero attached hydrogens (tertiary/aromatic N) is 4. The van der Waals surface area contributed by atoms with Gasteiger partial charge >= 0.3 is 0 Å². The second-order valence-corrected chi connectivity index (χ2v) is 6.61. The fourth-order valence-corrected chi connectivity index (χ4v) is 3.50. The van der Waals surface area contributed by atoms with Crippen LogP contribution in [-0.4, -0.2) is 64.2 Å². The Hall–Kier alpha value is -2.16.